The molecule has 2 heterocycles. The predicted molar refractivity (Wildman–Crippen MR) is 80.0 cm³/mol. The normalized spacial score (nSPS) is 12.0. The van der Waals surface area contributed by atoms with Gasteiger partial charge in [-0.05, 0) is 18.2 Å². The highest BCUT2D eigenvalue weighted by atomic mass is 19.4. The van der Waals surface area contributed by atoms with Crippen molar-refractivity contribution in [3.8, 4) is 0 Å². The van der Waals surface area contributed by atoms with E-state index in [1.165, 1.54) is 18.5 Å². The summed E-state index contributed by atoms with van der Waals surface area (Å²) in [5, 5.41) is 3.78. The van der Waals surface area contributed by atoms with Crippen molar-refractivity contribution < 1.29 is 13.2 Å². The molecule has 1 aromatic carbocycles. The van der Waals surface area contributed by atoms with Gasteiger partial charge in [-0.2, -0.15) is 18.3 Å². The van der Waals surface area contributed by atoms with Crippen LogP contribution >= 0.6 is 0 Å². The van der Waals surface area contributed by atoms with E-state index in [0.717, 1.165) is 0 Å². The van der Waals surface area contributed by atoms with E-state index in [4.69, 9.17) is 0 Å². The number of pyridine rings is 1. The number of rotatable bonds is 3. The maximum Gasteiger partial charge on any atom is 0.437 e. The molecule has 0 atom stereocenters. The van der Waals surface area contributed by atoms with Crippen LogP contribution in [0.15, 0.2) is 53.9 Å². The third-order valence-electron chi connectivity index (χ3n) is 2.91. The Morgan fingerprint density at radius 2 is 1.74 bits per heavy atom. The fraction of sp³-hybridized carbons (Fsp3) is 0.0667. The predicted octanol–water partition coefficient (Wildman–Crippen LogP) is 3.49. The fourth-order valence-corrected chi connectivity index (χ4v) is 1.90. The van der Waals surface area contributed by atoms with Gasteiger partial charge in [-0.1, -0.05) is 18.2 Å². The van der Waals surface area contributed by atoms with E-state index in [2.05, 4.69) is 25.5 Å². The zero-order chi connectivity index (χ0) is 16.3. The zero-order valence-corrected chi connectivity index (χ0v) is 11.6. The van der Waals surface area contributed by atoms with E-state index in [1.807, 2.05) is 0 Å². The summed E-state index contributed by atoms with van der Waals surface area (Å²) in [6, 6.07) is 9.74. The summed E-state index contributed by atoms with van der Waals surface area (Å²) in [4.78, 5) is 11.5. The lowest BCUT2D eigenvalue weighted by atomic mass is 10.3. The Labute approximate surface area is 128 Å². The number of hydrogen-bond donors (Lipinski definition) is 1. The number of halogens is 3. The first-order valence-corrected chi connectivity index (χ1v) is 6.57. The van der Waals surface area contributed by atoms with Gasteiger partial charge in [-0.25, -0.2) is 9.97 Å². The van der Waals surface area contributed by atoms with Gasteiger partial charge in [0, 0.05) is 18.0 Å². The van der Waals surface area contributed by atoms with Crippen LogP contribution < -0.4 is 5.43 Å². The third-order valence-corrected chi connectivity index (χ3v) is 2.91. The molecule has 0 amide bonds. The summed E-state index contributed by atoms with van der Waals surface area (Å²) in [6.45, 7) is 0. The largest absolute Gasteiger partial charge is 0.437 e. The monoisotopic (exact) mass is 317 g/mol. The number of hydrazone groups is 1. The smallest absolute Gasteiger partial charge is 0.264 e. The number of fused-ring (bicyclic) bond motifs is 1. The third kappa shape index (κ3) is 3.42. The number of hydrogen-bond acceptors (Lipinski definition) is 5. The molecule has 0 fully saturated rings. The Kier molecular flexibility index (Phi) is 3.88. The number of aromatic nitrogens is 3. The molecule has 0 aliphatic rings. The summed E-state index contributed by atoms with van der Waals surface area (Å²) in [6.07, 6.45) is -0.170. The number of para-hydroxylation sites is 2. The molecule has 3 aromatic rings. The van der Waals surface area contributed by atoms with Crippen LogP contribution in [0.4, 0.5) is 19.0 Å². The number of nitrogens with zero attached hydrogens (tertiary/aromatic N) is 4. The van der Waals surface area contributed by atoms with Crippen LogP contribution in [-0.2, 0) is 6.18 Å². The first-order chi connectivity index (χ1) is 11.0. The van der Waals surface area contributed by atoms with Gasteiger partial charge < -0.3 is 0 Å². The van der Waals surface area contributed by atoms with Crippen molar-refractivity contribution in [2.75, 3.05) is 5.43 Å². The number of nitrogens with one attached hydrogen (secondary N) is 1. The molecule has 3 rings (SSSR count). The molecule has 0 unspecified atom stereocenters. The molecule has 0 spiro atoms. The lowest BCUT2D eigenvalue weighted by molar-refractivity contribution is -0.140. The van der Waals surface area contributed by atoms with Gasteiger partial charge >= 0.3 is 6.18 Å². The van der Waals surface area contributed by atoms with Gasteiger partial charge in [0.25, 0.3) is 0 Å². The number of alkyl halides is 3. The van der Waals surface area contributed by atoms with Gasteiger partial charge in [-0.15, -0.1) is 0 Å². The molecule has 0 radical (unpaired) electrons. The standard InChI is InChI=1S/C15H10F3N5/c16-15(17,18)13-14(22-12-6-2-1-5-11(12)21-13)23-20-9-10-4-3-7-19-8-10/h1-9H,(H,22,23)/b20-9+. The molecule has 2 aromatic heterocycles. The summed E-state index contributed by atoms with van der Waals surface area (Å²) in [7, 11) is 0. The zero-order valence-electron chi connectivity index (χ0n) is 11.6. The summed E-state index contributed by atoms with van der Waals surface area (Å²) < 4.78 is 39.4. The minimum Gasteiger partial charge on any atom is -0.264 e. The molecule has 116 valence electrons. The van der Waals surface area contributed by atoms with Gasteiger partial charge in [0.2, 0.25) is 0 Å². The van der Waals surface area contributed by atoms with Crippen molar-refractivity contribution in [3.63, 3.8) is 0 Å². The van der Waals surface area contributed by atoms with Gasteiger partial charge in [0.1, 0.15) is 0 Å². The van der Waals surface area contributed by atoms with Crippen LogP contribution in [0.2, 0.25) is 0 Å². The molecule has 8 heteroatoms. The number of anilines is 1. The molecule has 0 saturated heterocycles. The SMILES string of the molecule is FC(F)(F)c1nc2ccccc2nc1N/N=C/c1cccnc1. The van der Waals surface area contributed by atoms with Gasteiger partial charge in [0.05, 0.1) is 17.2 Å². The summed E-state index contributed by atoms with van der Waals surface area (Å²) >= 11 is 0. The Balaban J connectivity index is 1.96. The lowest BCUT2D eigenvalue weighted by Crippen LogP contribution is -2.13. The second kappa shape index (κ2) is 5.99. The molecule has 0 saturated carbocycles. The van der Waals surface area contributed by atoms with Crippen LogP contribution in [0, 0.1) is 0 Å². The highest BCUT2D eigenvalue weighted by Gasteiger charge is 2.37. The molecule has 0 bridgehead atoms. The van der Waals surface area contributed by atoms with Crippen molar-refractivity contribution in [1.82, 2.24) is 15.0 Å². The van der Waals surface area contributed by atoms with Crippen molar-refractivity contribution in [1.29, 1.82) is 0 Å². The van der Waals surface area contributed by atoms with E-state index < -0.39 is 17.7 Å². The minimum absolute atomic E-state index is 0.168. The summed E-state index contributed by atoms with van der Waals surface area (Å²) in [5.41, 5.74) is 2.35. The second-order valence-corrected chi connectivity index (χ2v) is 4.56. The lowest BCUT2D eigenvalue weighted by Gasteiger charge is -2.11. The second-order valence-electron chi connectivity index (χ2n) is 4.56. The Hall–Kier alpha value is -3.03. The highest BCUT2D eigenvalue weighted by Crippen LogP contribution is 2.33. The summed E-state index contributed by atoms with van der Waals surface area (Å²) in [5.74, 6) is -0.448. The molecular weight excluding hydrogens is 307 g/mol. The van der Waals surface area contributed by atoms with E-state index in [0.29, 0.717) is 11.1 Å². The van der Waals surface area contributed by atoms with Crippen molar-refractivity contribution in [2.24, 2.45) is 5.10 Å². The number of benzene rings is 1. The van der Waals surface area contributed by atoms with Crippen LogP contribution in [-0.4, -0.2) is 21.2 Å². The maximum atomic E-state index is 13.1. The first-order valence-electron chi connectivity index (χ1n) is 6.57. The highest BCUT2D eigenvalue weighted by molar-refractivity contribution is 5.80. The van der Waals surface area contributed by atoms with Crippen LogP contribution in [0.1, 0.15) is 11.3 Å². The van der Waals surface area contributed by atoms with E-state index in [-0.39, 0.29) is 5.52 Å². The Morgan fingerprint density at radius 3 is 2.39 bits per heavy atom. The van der Waals surface area contributed by atoms with E-state index >= 15 is 0 Å². The molecule has 0 aliphatic heterocycles. The van der Waals surface area contributed by atoms with Crippen LogP contribution in [0.3, 0.4) is 0 Å². The molecule has 0 aliphatic carbocycles. The molecule has 5 nitrogen and oxygen atoms in total. The fourth-order valence-electron chi connectivity index (χ4n) is 1.90. The van der Waals surface area contributed by atoms with E-state index in [1.54, 1.807) is 36.5 Å². The average Bonchev–Trinajstić information content (AvgIpc) is 2.54. The Morgan fingerprint density at radius 1 is 1.00 bits per heavy atom. The average molecular weight is 317 g/mol. The van der Waals surface area contributed by atoms with Gasteiger partial charge in [0.15, 0.2) is 11.5 Å². The quantitative estimate of drug-likeness (QED) is 0.593. The molecule has 23 heavy (non-hydrogen) atoms. The van der Waals surface area contributed by atoms with Crippen molar-refractivity contribution >= 4 is 23.1 Å². The maximum absolute atomic E-state index is 13.1. The van der Waals surface area contributed by atoms with Gasteiger partial charge in [-0.3, -0.25) is 10.4 Å². The Bertz CT molecular complexity index is 847. The molecular formula is C15H10F3N5. The molecule has 1 N–H and O–H groups in total. The topological polar surface area (TPSA) is 63.1 Å². The van der Waals surface area contributed by atoms with Crippen LogP contribution in [0.25, 0.3) is 11.0 Å². The first kappa shape index (κ1) is 14.9. The van der Waals surface area contributed by atoms with Crippen LogP contribution in [0.5, 0.6) is 0 Å². The van der Waals surface area contributed by atoms with E-state index in [9.17, 15) is 13.2 Å². The minimum atomic E-state index is -4.64. The van der Waals surface area contributed by atoms with Crippen molar-refractivity contribution in [3.05, 3.63) is 60.0 Å². The van der Waals surface area contributed by atoms with Crippen molar-refractivity contribution in [2.45, 2.75) is 6.18 Å².